The molecule has 5 nitrogen and oxygen atoms in total. The minimum absolute atomic E-state index is 0.440. The van der Waals surface area contributed by atoms with Crippen LogP contribution in [0.2, 0.25) is 0 Å². The van der Waals surface area contributed by atoms with Crippen molar-refractivity contribution >= 4 is 11.8 Å². The number of piperazine rings is 1. The van der Waals surface area contributed by atoms with Crippen LogP contribution in [0.25, 0.3) is 0 Å². The molecule has 0 aliphatic carbocycles. The highest BCUT2D eigenvalue weighted by Gasteiger charge is 2.24. The zero-order valence-electron chi connectivity index (χ0n) is 15.7. The Balaban J connectivity index is 3.21. The maximum Gasteiger partial charge on any atom is 0.407 e. The van der Waals surface area contributed by atoms with E-state index in [-0.39, 0.29) is 0 Å². The molecule has 5 heteroatoms. The highest BCUT2D eigenvalue weighted by molar-refractivity contribution is 6.03. The van der Waals surface area contributed by atoms with Crippen molar-refractivity contribution in [2.24, 2.45) is 10.9 Å². The molecule has 0 radical (unpaired) electrons. The molecule has 1 amide bonds. The third-order valence-electron chi connectivity index (χ3n) is 4.78. The van der Waals surface area contributed by atoms with Crippen molar-refractivity contribution in [2.45, 2.75) is 41.0 Å². The Labute approximate surface area is 146 Å². The van der Waals surface area contributed by atoms with Crippen LogP contribution in [-0.4, -0.2) is 52.9 Å². The van der Waals surface area contributed by atoms with Gasteiger partial charge in [-0.05, 0) is 38.7 Å². The third-order valence-corrected chi connectivity index (χ3v) is 4.78. The lowest BCUT2D eigenvalue weighted by molar-refractivity contribution is 0.116. The average Bonchev–Trinajstić information content (AvgIpc) is 2.58. The number of carbonyl (C=O) groups is 1. The molecular weight excluding hydrogens is 302 g/mol. The lowest BCUT2D eigenvalue weighted by Gasteiger charge is -2.36. The Bertz CT molecular complexity index is 553. The fourth-order valence-electron chi connectivity index (χ4n) is 3.17. The summed E-state index contributed by atoms with van der Waals surface area (Å²) in [7, 11) is 0. The van der Waals surface area contributed by atoms with Gasteiger partial charge in [-0.2, -0.15) is 0 Å². The van der Waals surface area contributed by atoms with Crippen LogP contribution in [-0.2, 0) is 0 Å². The number of nitrogens with zero attached hydrogens (tertiary/aromatic N) is 3. The molecule has 1 unspecified atom stereocenters. The number of hydrogen-bond acceptors (Lipinski definition) is 3. The van der Waals surface area contributed by atoms with Gasteiger partial charge in [0.05, 0.1) is 0 Å². The van der Waals surface area contributed by atoms with Gasteiger partial charge in [-0.3, -0.25) is 4.99 Å². The fraction of sp³-hybridized carbons (Fsp3) is 0.579. The molecule has 1 saturated heterocycles. The molecule has 1 aliphatic heterocycles. The number of amides is 1. The van der Waals surface area contributed by atoms with E-state index in [4.69, 9.17) is 5.11 Å². The van der Waals surface area contributed by atoms with Crippen molar-refractivity contribution in [3.63, 3.8) is 0 Å². The van der Waals surface area contributed by atoms with Crippen LogP contribution in [0.1, 0.15) is 41.0 Å². The van der Waals surface area contributed by atoms with Gasteiger partial charge in [0, 0.05) is 49.4 Å². The van der Waals surface area contributed by atoms with Gasteiger partial charge >= 0.3 is 6.09 Å². The third kappa shape index (κ3) is 4.73. The second-order valence-corrected chi connectivity index (χ2v) is 6.17. The number of allylic oxidation sites excluding steroid dienone is 4. The van der Waals surface area contributed by atoms with Gasteiger partial charge in [-0.15, -0.1) is 0 Å². The van der Waals surface area contributed by atoms with Gasteiger partial charge in [-0.1, -0.05) is 26.5 Å². The van der Waals surface area contributed by atoms with Crippen molar-refractivity contribution < 1.29 is 9.90 Å². The fourth-order valence-corrected chi connectivity index (χ4v) is 3.17. The average molecular weight is 333 g/mol. The predicted octanol–water partition coefficient (Wildman–Crippen LogP) is 4.15. The SMILES string of the molecule is C=CN=C(C)C(/C(=C\C)C(C)CC)=C(\C)N1CCN(C(=O)O)CC1. The number of aliphatic imine (C=N–C) groups is 1. The summed E-state index contributed by atoms with van der Waals surface area (Å²) >= 11 is 0. The standard InChI is InChI=1S/C19H31N3O2/c1-7-14(4)17(8-2)18(15(5)20-9-3)16(6)21-10-12-22(13-11-21)19(23)24/h8-9,14H,3,7,10-13H2,1-2,4-6H3,(H,23,24)/b17-8-,18-16-,20-15?. The first kappa shape index (κ1) is 20.0. The van der Waals surface area contributed by atoms with E-state index in [0.29, 0.717) is 32.1 Å². The Hall–Kier alpha value is -2.04. The zero-order chi connectivity index (χ0) is 18.3. The van der Waals surface area contributed by atoms with E-state index in [1.807, 2.05) is 6.92 Å². The predicted molar refractivity (Wildman–Crippen MR) is 100 cm³/mol. The van der Waals surface area contributed by atoms with Crippen LogP contribution >= 0.6 is 0 Å². The Morgan fingerprint density at radius 1 is 1.25 bits per heavy atom. The molecule has 0 aromatic rings. The van der Waals surface area contributed by atoms with Crippen LogP contribution in [0.3, 0.4) is 0 Å². The summed E-state index contributed by atoms with van der Waals surface area (Å²) in [5.74, 6) is 0.440. The van der Waals surface area contributed by atoms with E-state index in [0.717, 1.165) is 23.4 Å². The second kappa shape index (κ2) is 9.30. The van der Waals surface area contributed by atoms with Crippen molar-refractivity contribution in [3.8, 4) is 0 Å². The molecule has 1 atom stereocenters. The molecule has 1 aliphatic rings. The smallest absolute Gasteiger partial charge is 0.407 e. The molecule has 134 valence electrons. The summed E-state index contributed by atoms with van der Waals surface area (Å²) in [6.45, 7) is 16.8. The second-order valence-electron chi connectivity index (χ2n) is 6.17. The highest BCUT2D eigenvalue weighted by atomic mass is 16.4. The number of hydrogen-bond donors (Lipinski definition) is 1. The normalized spacial score (nSPS) is 19.0. The lowest BCUT2D eigenvalue weighted by atomic mass is 9.87. The molecule has 24 heavy (non-hydrogen) atoms. The van der Waals surface area contributed by atoms with Crippen LogP contribution < -0.4 is 0 Å². The minimum atomic E-state index is -0.838. The Kier molecular flexibility index (Phi) is 7.75. The molecular formula is C19H31N3O2. The molecule has 0 bridgehead atoms. The summed E-state index contributed by atoms with van der Waals surface area (Å²) < 4.78 is 0. The monoisotopic (exact) mass is 333 g/mol. The van der Waals surface area contributed by atoms with Crippen molar-refractivity contribution in [1.82, 2.24) is 9.80 Å². The molecule has 0 aromatic heterocycles. The van der Waals surface area contributed by atoms with E-state index >= 15 is 0 Å². The van der Waals surface area contributed by atoms with E-state index in [2.05, 4.69) is 50.2 Å². The molecule has 1 fully saturated rings. The van der Waals surface area contributed by atoms with E-state index in [1.54, 1.807) is 6.20 Å². The van der Waals surface area contributed by atoms with Gasteiger partial charge < -0.3 is 14.9 Å². The largest absolute Gasteiger partial charge is 0.465 e. The van der Waals surface area contributed by atoms with E-state index < -0.39 is 6.09 Å². The van der Waals surface area contributed by atoms with Gasteiger partial charge in [0.15, 0.2) is 0 Å². The van der Waals surface area contributed by atoms with Crippen molar-refractivity contribution in [2.75, 3.05) is 26.2 Å². The summed E-state index contributed by atoms with van der Waals surface area (Å²) in [4.78, 5) is 19.3. The molecule has 0 saturated carbocycles. The zero-order valence-corrected chi connectivity index (χ0v) is 15.7. The highest BCUT2D eigenvalue weighted by Crippen LogP contribution is 2.28. The van der Waals surface area contributed by atoms with Crippen LogP contribution in [0.4, 0.5) is 4.79 Å². The van der Waals surface area contributed by atoms with Crippen LogP contribution in [0, 0.1) is 5.92 Å². The van der Waals surface area contributed by atoms with Crippen molar-refractivity contribution in [3.05, 3.63) is 35.7 Å². The Morgan fingerprint density at radius 3 is 2.21 bits per heavy atom. The number of rotatable bonds is 6. The summed E-state index contributed by atoms with van der Waals surface area (Å²) in [6.07, 6.45) is 3.97. The maximum atomic E-state index is 11.1. The molecule has 0 aromatic carbocycles. The van der Waals surface area contributed by atoms with E-state index in [1.165, 1.54) is 10.5 Å². The van der Waals surface area contributed by atoms with Gasteiger partial charge in [0.2, 0.25) is 0 Å². The minimum Gasteiger partial charge on any atom is -0.465 e. The lowest BCUT2D eigenvalue weighted by Crippen LogP contribution is -2.47. The summed E-state index contributed by atoms with van der Waals surface area (Å²) in [6, 6.07) is 0. The maximum absolute atomic E-state index is 11.1. The van der Waals surface area contributed by atoms with Gasteiger partial charge in [0.25, 0.3) is 0 Å². The molecule has 1 N–H and O–H groups in total. The first-order valence-corrected chi connectivity index (χ1v) is 8.63. The molecule has 0 spiro atoms. The van der Waals surface area contributed by atoms with Gasteiger partial charge in [0.1, 0.15) is 0 Å². The quantitative estimate of drug-likeness (QED) is 0.587. The Morgan fingerprint density at radius 2 is 1.79 bits per heavy atom. The van der Waals surface area contributed by atoms with E-state index in [9.17, 15) is 4.79 Å². The molecule has 1 rings (SSSR count). The summed E-state index contributed by atoms with van der Waals surface area (Å²) in [5, 5.41) is 9.12. The van der Waals surface area contributed by atoms with Crippen LogP contribution in [0.15, 0.2) is 40.7 Å². The van der Waals surface area contributed by atoms with Gasteiger partial charge in [-0.25, -0.2) is 4.79 Å². The summed E-state index contributed by atoms with van der Waals surface area (Å²) in [5.41, 5.74) is 4.57. The van der Waals surface area contributed by atoms with Crippen molar-refractivity contribution in [1.29, 1.82) is 0 Å². The number of carboxylic acid groups (broad SMARTS) is 1. The first-order valence-electron chi connectivity index (χ1n) is 8.63. The molecule has 1 heterocycles. The topological polar surface area (TPSA) is 56.1 Å². The first-order chi connectivity index (χ1) is 11.4. The van der Waals surface area contributed by atoms with Crippen LogP contribution in [0.5, 0.6) is 0 Å².